The van der Waals surface area contributed by atoms with Crippen molar-refractivity contribution in [2.24, 2.45) is 0 Å². The summed E-state index contributed by atoms with van der Waals surface area (Å²) in [5, 5.41) is 0.423. The maximum atomic E-state index is 12.5. The molecule has 1 aliphatic rings. The molecule has 0 bridgehead atoms. The number of hydrogen-bond donors (Lipinski definition) is 0. The van der Waals surface area contributed by atoms with E-state index >= 15 is 0 Å². The van der Waals surface area contributed by atoms with Crippen LogP contribution in [0.4, 0.5) is 5.69 Å². The van der Waals surface area contributed by atoms with Crippen molar-refractivity contribution in [2.45, 2.75) is 6.92 Å². The zero-order chi connectivity index (χ0) is 15.3. The zero-order valence-electron chi connectivity index (χ0n) is 10.8. The van der Waals surface area contributed by atoms with Gasteiger partial charge in [0.05, 0.1) is 26.3 Å². The maximum Gasteiger partial charge on any atom is 0.266 e. The second-order valence-electron chi connectivity index (χ2n) is 4.64. The molecule has 0 aliphatic carbocycles. The number of nitrogens with zero attached hydrogens (tertiary/aromatic N) is 1. The number of carbonyl (C=O) groups excluding carboxylic acids is 2. The summed E-state index contributed by atoms with van der Waals surface area (Å²) in [6, 6.07) is 8.57. The number of amides is 2. The average molecular weight is 429 g/mol. The number of fused-ring (bicyclic) bond motifs is 1. The van der Waals surface area contributed by atoms with E-state index in [1.54, 1.807) is 30.3 Å². The van der Waals surface area contributed by atoms with Crippen LogP contribution in [0, 0.1) is 6.92 Å². The summed E-state index contributed by atoms with van der Waals surface area (Å²) >= 11 is 12.9. The first-order valence-corrected chi connectivity index (χ1v) is 8.01. The van der Waals surface area contributed by atoms with Crippen LogP contribution in [-0.2, 0) is 0 Å². The summed E-state index contributed by atoms with van der Waals surface area (Å²) in [6.45, 7) is 1.82. The predicted molar refractivity (Wildman–Crippen MR) is 89.2 cm³/mol. The lowest BCUT2D eigenvalue weighted by Gasteiger charge is -2.20. The second kappa shape index (κ2) is 5.23. The Morgan fingerprint density at radius 3 is 2.10 bits per heavy atom. The lowest BCUT2D eigenvalue weighted by atomic mass is 10.1. The Balaban J connectivity index is 2.23. The molecule has 106 valence electrons. The smallest absolute Gasteiger partial charge is 0.266 e. The molecule has 21 heavy (non-hydrogen) atoms. The largest absolute Gasteiger partial charge is 0.268 e. The van der Waals surface area contributed by atoms with Gasteiger partial charge in [-0.3, -0.25) is 9.59 Å². The third-order valence-corrected chi connectivity index (χ3v) is 5.59. The number of halogens is 3. The Morgan fingerprint density at radius 1 is 1.05 bits per heavy atom. The minimum Gasteiger partial charge on any atom is -0.268 e. The lowest BCUT2D eigenvalue weighted by molar-refractivity contribution is 0.0925. The molecule has 0 saturated heterocycles. The highest BCUT2D eigenvalue weighted by atomic mass is 79.9. The van der Waals surface area contributed by atoms with Gasteiger partial charge < -0.3 is 0 Å². The van der Waals surface area contributed by atoms with Crippen molar-refractivity contribution in [2.75, 3.05) is 4.90 Å². The fourth-order valence-electron chi connectivity index (χ4n) is 2.37. The molecule has 0 spiro atoms. The molecule has 0 N–H and O–H groups in total. The second-order valence-corrected chi connectivity index (χ2v) is 6.67. The van der Waals surface area contributed by atoms with Gasteiger partial charge in [0.2, 0.25) is 0 Å². The Kier molecular flexibility index (Phi) is 3.67. The molecule has 1 aliphatic heterocycles. The maximum absolute atomic E-state index is 12.5. The van der Waals surface area contributed by atoms with Crippen LogP contribution in [0.25, 0.3) is 0 Å². The number of hydrogen-bond acceptors (Lipinski definition) is 2. The average Bonchev–Trinajstić information content (AvgIpc) is 2.71. The molecular formula is C15H8Br2ClNO2. The molecule has 1 heterocycles. The molecule has 0 saturated carbocycles. The standard InChI is InChI=1S/C15H8Br2ClNO2/c1-7-6-10(16)12(18)11(17)13(7)19-14(20)8-4-2-3-5-9(8)15(19)21/h2-6H,1H3. The first-order valence-electron chi connectivity index (χ1n) is 6.05. The van der Waals surface area contributed by atoms with Crippen molar-refractivity contribution in [1.82, 2.24) is 0 Å². The summed E-state index contributed by atoms with van der Waals surface area (Å²) in [7, 11) is 0. The number of benzene rings is 2. The van der Waals surface area contributed by atoms with E-state index in [9.17, 15) is 9.59 Å². The third kappa shape index (κ3) is 2.15. The minimum atomic E-state index is -0.335. The van der Waals surface area contributed by atoms with Gasteiger partial charge in [0.25, 0.3) is 11.8 Å². The summed E-state index contributed by atoms with van der Waals surface area (Å²) < 4.78 is 1.22. The molecule has 0 radical (unpaired) electrons. The van der Waals surface area contributed by atoms with Gasteiger partial charge in [0, 0.05) is 4.47 Å². The predicted octanol–water partition coefficient (Wildman–Crippen LogP) is 4.97. The molecule has 0 aromatic heterocycles. The number of rotatable bonds is 1. The molecule has 0 atom stereocenters. The molecule has 2 aromatic carbocycles. The van der Waals surface area contributed by atoms with Gasteiger partial charge in [-0.1, -0.05) is 23.7 Å². The van der Waals surface area contributed by atoms with Gasteiger partial charge in [0.1, 0.15) is 0 Å². The van der Waals surface area contributed by atoms with Gasteiger partial charge >= 0.3 is 0 Å². The molecule has 0 fully saturated rings. The molecule has 0 unspecified atom stereocenters. The van der Waals surface area contributed by atoms with E-state index in [1.165, 1.54) is 4.90 Å². The van der Waals surface area contributed by atoms with Crippen molar-refractivity contribution >= 4 is 61.0 Å². The summed E-state index contributed by atoms with van der Waals surface area (Å²) in [4.78, 5) is 26.2. The molecule has 2 aromatic rings. The van der Waals surface area contributed by atoms with Crippen molar-refractivity contribution < 1.29 is 9.59 Å². The van der Waals surface area contributed by atoms with Crippen molar-refractivity contribution in [3.63, 3.8) is 0 Å². The van der Waals surface area contributed by atoms with Gasteiger partial charge in [-0.25, -0.2) is 4.90 Å². The van der Waals surface area contributed by atoms with Gasteiger partial charge in [-0.2, -0.15) is 0 Å². The van der Waals surface area contributed by atoms with E-state index in [1.807, 2.05) is 6.92 Å². The first-order chi connectivity index (χ1) is 9.93. The van der Waals surface area contributed by atoms with Crippen LogP contribution in [0.15, 0.2) is 39.3 Å². The third-order valence-electron chi connectivity index (χ3n) is 3.34. The number of aryl methyl sites for hydroxylation is 1. The van der Waals surface area contributed by atoms with Gasteiger partial charge in [0.15, 0.2) is 0 Å². The Labute approximate surface area is 143 Å². The van der Waals surface area contributed by atoms with Crippen LogP contribution < -0.4 is 4.90 Å². The Morgan fingerprint density at radius 2 is 1.57 bits per heavy atom. The Hall–Kier alpha value is -1.17. The molecule has 6 heteroatoms. The fourth-order valence-corrected chi connectivity index (χ4v) is 4.03. The van der Waals surface area contributed by atoms with Crippen molar-refractivity contribution in [3.05, 3.63) is 61.0 Å². The van der Waals surface area contributed by atoms with E-state index in [0.717, 1.165) is 5.56 Å². The Bertz CT molecular complexity index is 770. The normalized spacial score (nSPS) is 13.8. The quantitative estimate of drug-likeness (QED) is 0.474. The van der Waals surface area contributed by atoms with Crippen LogP contribution in [-0.4, -0.2) is 11.8 Å². The van der Waals surface area contributed by atoms with Crippen LogP contribution in [0.5, 0.6) is 0 Å². The van der Waals surface area contributed by atoms with Crippen molar-refractivity contribution in [1.29, 1.82) is 0 Å². The van der Waals surface area contributed by atoms with E-state index in [0.29, 0.717) is 30.8 Å². The summed E-state index contributed by atoms with van der Waals surface area (Å²) in [5.41, 5.74) is 2.07. The van der Waals surface area contributed by atoms with Gasteiger partial charge in [-0.05, 0) is 62.5 Å². The van der Waals surface area contributed by atoms with Crippen LogP contribution in [0.3, 0.4) is 0 Å². The van der Waals surface area contributed by atoms with E-state index in [2.05, 4.69) is 31.9 Å². The van der Waals surface area contributed by atoms with E-state index in [4.69, 9.17) is 11.6 Å². The number of carbonyl (C=O) groups is 2. The molecule has 3 rings (SSSR count). The van der Waals surface area contributed by atoms with Gasteiger partial charge in [-0.15, -0.1) is 0 Å². The highest BCUT2D eigenvalue weighted by Crippen LogP contribution is 2.43. The van der Waals surface area contributed by atoms with Crippen LogP contribution >= 0.6 is 43.5 Å². The van der Waals surface area contributed by atoms with E-state index < -0.39 is 0 Å². The highest BCUT2D eigenvalue weighted by molar-refractivity contribution is 9.11. The van der Waals surface area contributed by atoms with Crippen LogP contribution in [0.2, 0.25) is 5.02 Å². The SMILES string of the molecule is Cc1cc(Br)c(Cl)c(Br)c1N1C(=O)c2ccccc2C1=O. The van der Waals surface area contributed by atoms with E-state index in [-0.39, 0.29) is 11.8 Å². The first kappa shape index (κ1) is 14.8. The van der Waals surface area contributed by atoms with Crippen LogP contribution in [0.1, 0.15) is 26.3 Å². The molecular weight excluding hydrogens is 421 g/mol. The summed E-state index contributed by atoms with van der Waals surface area (Å²) in [5.74, 6) is -0.671. The molecule has 3 nitrogen and oxygen atoms in total. The topological polar surface area (TPSA) is 37.4 Å². The fraction of sp³-hybridized carbons (Fsp3) is 0.0667. The lowest BCUT2D eigenvalue weighted by Crippen LogP contribution is -2.30. The monoisotopic (exact) mass is 427 g/mol. The zero-order valence-corrected chi connectivity index (χ0v) is 14.7. The molecule has 2 amide bonds. The van der Waals surface area contributed by atoms with Crippen molar-refractivity contribution in [3.8, 4) is 0 Å². The number of imide groups is 1. The summed E-state index contributed by atoms with van der Waals surface area (Å²) in [6.07, 6.45) is 0. The minimum absolute atomic E-state index is 0.335. The number of anilines is 1. The highest BCUT2D eigenvalue weighted by Gasteiger charge is 2.38.